The third-order valence-corrected chi connectivity index (χ3v) is 6.71. The lowest BCUT2D eigenvalue weighted by atomic mass is 10.1. The van der Waals surface area contributed by atoms with Crippen molar-refractivity contribution in [2.24, 2.45) is 0 Å². The highest BCUT2D eigenvalue weighted by atomic mass is 32.2. The third-order valence-electron chi connectivity index (χ3n) is 5.81. The lowest BCUT2D eigenvalue weighted by Gasteiger charge is -2.14. The fraction of sp³-hybridized carbons (Fsp3) is 0.269. The first-order valence-electron chi connectivity index (χ1n) is 11.0. The molecule has 0 bridgehead atoms. The largest absolute Gasteiger partial charge is 0.461 e. The Balaban J connectivity index is 1.65. The molecule has 0 radical (unpaired) electrons. The number of ether oxygens (including phenoxy) is 1. The molecule has 1 aromatic heterocycles. The predicted molar refractivity (Wildman–Crippen MR) is 131 cm³/mol. The van der Waals surface area contributed by atoms with E-state index in [1.54, 1.807) is 13.0 Å². The van der Waals surface area contributed by atoms with E-state index in [4.69, 9.17) is 4.74 Å². The molecule has 0 spiro atoms. The minimum absolute atomic E-state index is 0.258. The molecular weight excluding hydrogens is 436 g/mol. The molecule has 2 aromatic carbocycles. The van der Waals surface area contributed by atoms with E-state index in [9.17, 15) is 14.4 Å². The highest BCUT2D eigenvalue weighted by Gasteiger charge is 2.37. The normalized spacial score (nSPS) is 16.1. The van der Waals surface area contributed by atoms with E-state index in [1.807, 2.05) is 50.2 Å². The van der Waals surface area contributed by atoms with Crippen LogP contribution in [0.5, 0.6) is 0 Å². The van der Waals surface area contributed by atoms with Gasteiger partial charge in [-0.1, -0.05) is 55.5 Å². The molecule has 4 rings (SSSR count). The number of esters is 1. The van der Waals surface area contributed by atoms with E-state index < -0.39 is 17.1 Å². The zero-order chi connectivity index (χ0) is 23.5. The molecular formula is C26H26N2O4S. The Bertz CT molecular complexity index is 1250. The number of thioether (sulfide) groups is 1. The van der Waals surface area contributed by atoms with Crippen LogP contribution in [0.4, 0.5) is 4.79 Å². The van der Waals surface area contributed by atoms with Crippen LogP contribution in [0.2, 0.25) is 0 Å². The first kappa shape index (κ1) is 22.9. The van der Waals surface area contributed by atoms with Crippen LogP contribution in [-0.4, -0.2) is 39.2 Å². The zero-order valence-corrected chi connectivity index (χ0v) is 19.7. The van der Waals surface area contributed by atoms with Crippen LogP contribution in [-0.2, 0) is 20.9 Å². The Morgan fingerprint density at radius 1 is 1.09 bits per heavy atom. The fourth-order valence-corrected chi connectivity index (χ4v) is 4.67. The standard InChI is InChI=1S/C26H26N2O4S/c1-4-17(2)32-24(29)16-28-25(30)23(33-26(28)31)14-21-18(3)27(15-19-10-6-5-7-11-19)22-13-9-8-12-20(21)22/h5-14,17H,4,15-16H2,1-3H3/b23-14-/t17-/m0/s1. The second-order valence-electron chi connectivity index (χ2n) is 8.06. The molecule has 170 valence electrons. The van der Waals surface area contributed by atoms with Gasteiger partial charge in [-0.05, 0) is 49.7 Å². The number of hydrogen-bond donors (Lipinski definition) is 0. The maximum atomic E-state index is 13.0. The lowest BCUT2D eigenvalue weighted by molar-refractivity contribution is -0.150. The van der Waals surface area contributed by atoms with Gasteiger partial charge in [-0.3, -0.25) is 19.3 Å². The van der Waals surface area contributed by atoms with Crippen molar-refractivity contribution in [1.29, 1.82) is 0 Å². The maximum absolute atomic E-state index is 13.0. The SMILES string of the molecule is CC[C@H](C)OC(=O)CN1C(=O)S/C(=C\c2c(C)n(Cc3ccccc3)c3ccccc23)C1=O. The molecule has 6 nitrogen and oxygen atoms in total. The smallest absolute Gasteiger partial charge is 0.326 e. The van der Waals surface area contributed by atoms with Gasteiger partial charge in [-0.2, -0.15) is 0 Å². The molecule has 2 amide bonds. The van der Waals surface area contributed by atoms with Gasteiger partial charge >= 0.3 is 5.97 Å². The van der Waals surface area contributed by atoms with E-state index in [-0.39, 0.29) is 12.6 Å². The first-order valence-corrected chi connectivity index (χ1v) is 11.8. The second kappa shape index (κ2) is 9.67. The number of nitrogens with zero attached hydrogens (tertiary/aromatic N) is 2. The number of hydrogen-bond acceptors (Lipinski definition) is 5. The zero-order valence-electron chi connectivity index (χ0n) is 18.9. The summed E-state index contributed by atoms with van der Waals surface area (Å²) in [7, 11) is 0. The van der Waals surface area contributed by atoms with Crippen molar-refractivity contribution < 1.29 is 19.1 Å². The average Bonchev–Trinajstić information content (AvgIpc) is 3.23. The number of benzene rings is 2. The molecule has 0 N–H and O–H groups in total. The van der Waals surface area contributed by atoms with Crippen LogP contribution >= 0.6 is 11.8 Å². The summed E-state index contributed by atoms with van der Waals surface area (Å²) in [6, 6.07) is 18.2. The molecule has 1 saturated heterocycles. The topological polar surface area (TPSA) is 68.6 Å². The number of aromatic nitrogens is 1. The van der Waals surface area contributed by atoms with Crippen LogP contribution in [0.1, 0.15) is 37.1 Å². The van der Waals surface area contributed by atoms with Crippen molar-refractivity contribution in [1.82, 2.24) is 9.47 Å². The van der Waals surface area contributed by atoms with Crippen LogP contribution in [0.25, 0.3) is 17.0 Å². The van der Waals surface area contributed by atoms with Gasteiger partial charge in [0.15, 0.2) is 0 Å². The van der Waals surface area contributed by atoms with Crippen LogP contribution in [0, 0.1) is 6.92 Å². The summed E-state index contributed by atoms with van der Waals surface area (Å²) in [6.07, 6.45) is 2.18. The summed E-state index contributed by atoms with van der Waals surface area (Å²) in [4.78, 5) is 38.8. The number of carbonyl (C=O) groups is 3. The van der Waals surface area contributed by atoms with Crippen molar-refractivity contribution in [3.63, 3.8) is 0 Å². The number of amides is 2. The molecule has 0 aliphatic carbocycles. The van der Waals surface area contributed by atoms with Gasteiger partial charge in [-0.15, -0.1) is 0 Å². The quantitative estimate of drug-likeness (QED) is 0.348. The van der Waals surface area contributed by atoms with Crippen molar-refractivity contribution >= 4 is 45.9 Å². The monoisotopic (exact) mass is 462 g/mol. The molecule has 1 aliphatic heterocycles. The Labute approximate surface area is 197 Å². The Morgan fingerprint density at radius 3 is 2.52 bits per heavy atom. The molecule has 0 saturated carbocycles. The summed E-state index contributed by atoms with van der Waals surface area (Å²) in [5, 5.41) is 0.548. The van der Waals surface area contributed by atoms with E-state index in [2.05, 4.69) is 22.8 Å². The van der Waals surface area contributed by atoms with Gasteiger partial charge in [-0.25, -0.2) is 0 Å². The molecule has 0 unspecified atom stereocenters. The number of para-hydroxylation sites is 1. The minimum Gasteiger partial charge on any atom is -0.461 e. The fourth-order valence-electron chi connectivity index (χ4n) is 3.85. The molecule has 1 aliphatic rings. The van der Waals surface area contributed by atoms with Gasteiger partial charge in [0.25, 0.3) is 11.1 Å². The average molecular weight is 463 g/mol. The summed E-state index contributed by atoms with van der Waals surface area (Å²) in [6.45, 7) is 6.02. The summed E-state index contributed by atoms with van der Waals surface area (Å²) in [5.74, 6) is -1.05. The molecule has 33 heavy (non-hydrogen) atoms. The Hall–Kier alpha value is -3.32. The van der Waals surface area contributed by atoms with E-state index in [0.717, 1.165) is 38.8 Å². The first-order chi connectivity index (χ1) is 15.9. The summed E-state index contributed by atoms with van der Waals surface area (Å²) in [5.41, 5.74) is 4.13. The third kappa shape index (κ3) is 4.73. The van der Waals surface area contributed by atoms with Crippen molar-refractivity contribution in [2.45, 2.75) is 39.8 Å². The maximum Gasteiger partial charge on any atom is 0.326 e. The van der Waals surface area contributed by atoms with Gasteiger partial charge in [0, 0.05) is 28.7 Å². The number of imide groups is 1. The lowest BCUT2D eigenvalue weighted by Crippen LogP contribution is -2.35. The predicted octanol–water partition coefficient (Wildman–Crippen LogP) is 5.38. The Morgan fingerprint density at radius 2 is 1.79 bits per heavy atom. The number of carbonyl (C=O) groups excluding carboxylic acids is 3. The van der Waals surface area contributed by atoms with E-state index in [0.29, 0.717) is 17.9 Å². The van der Waals surface area contributed by atoms with Gasteiger partial charge in [0.1, 0.15) is 6.54 Å². The van der Waals surface area contributed by atoms with Crippen LogP contribution in [0.3, 0.4) is 0 Å². The molecule has 3 aromatic rings. The van der Waals surface area contributed by atoms with Crippen LogP contribution < -0.4 is 0 Å². The highest BCUT2D eigenvalue weighted by molar-refractivity contribution is 8.18. The molecule has 1 atom stereocenters. The molecule has 7 heteroatoms. The molecule has 2 heterocycles. The summed E-state index contributed by atoms with van der Waals surface area (Å²) >= 11 is 0.855. The van der Waals surface area contributed by atoms with Gasteiger partial charge in [0.05, 0.1) is 11.0 Å². The highest BCUT2D eigenvalue weighted by Crippen LogP contribution is 2.35. The van der Waals surface area contributed by atoms with E-state index in [1.165, 1.54) is 5.56 Å². The van der Waals surface area contributed by atoms with Crippen LogP contribution in [0.15, 0.2) is 59.5 Å². The van der Waals surface area contributed by atoms with Crippen molar-refractivity contribution in [2.75, 3.05) is 6.54 Å². The molecule has 1 fully saturated rings. The summed E-state index contributed by atoms with van der Waals surface area (Å²) < 4.78 is 7.44. The van der Waals surface area contributed by atoms with Crippen molar-refractivity contribution in [3.8, 4) is 0 Å². The number of rotatable bonds is 7. The van der Waals surface area contributed by atoms with Gasteiger partial charge < -0.3 is 9.30 Å². The second-order valence-corrected chi connectivity index (χ2v) is 9.06. The van der Waals surface area contributed by atoms with Gasteiger partial charge in [0.2, 0.25) is 0 Å². The Kier molecular flexibility index (Phi) is 6.70. The van der Waals surface area contributed by atoms with Crippen molar-refractivity contribution in [3.05, 3.63) is 76.3 Å². The van der Waals surface area contributed by atoms with E-state index >= 15 is 0 Å². The minimum atomic E-state index is -0.580. The number of fused-ring (bicyclic) bond motifs is 1.